The molecule has 0 spiro atoms. The third kappa shape index (κ3) is 5.24. The molecule has 0 saturated heterocycles. The number of hydrogen-bond acceptors (Lipinski definition) is 3. The Hall–Kier alpha value is -1.55. The summed E-state index contributed by atoms with van der Waals surface area (Å²) in [6.07, 6.45) is 2.45. The highest BCUT2D eigenvalue weighted by molar-refractivity contribution is 5.81. The van der Waals surface area contributed by atoms with Crippen LogP contribution in [0.3, 0.4) is 0 Å². The minimum absolute atomic E-state index is 0.0914. The van der Waals surface area contributed by atoms with Crippen LogP contribution in [0.2, 0.25) is 0 Å². The van der Waals surface area contributed by atoms with E-state index in [1.807, 2.05) is 24.3 Å². The standard InChI is InChI=1S/C19H29NO3/c1-13(18(22)20-15-7-9-16(21)10-8-15)23-17-11-5-14(6-12-17)19(2,3)4/h5-6,11-13,15-16,21H,7-10H2,1-4H3,(H,20,22). The molecule has 1 fully saturated rings. The Balaban J connectivity index is 1.86. The van der Waals surface area contributed by atoms with E-state index in [1.54, 1.807) is 6.92 Å². The molecule has 1 atom stereocenters. The molecule has 2 N–H and O–H groups in total. The first-order valence-corrected chi connectivity index (χ1v) is 8.51. The van der Waals surface area contributed by atoms with Crippen molar-refractivity contribution in [3.8, 4) is 5.75 Å². The summed E-state index contributed by atoms with van der Waals surface area (Å²) in [5, 5.41) is 12.5. The number of amides is 1. The lowest BCUT2D eigenvalue weighted by atomic mass is 9.87. The van der Waals surface area contributed by atoms with Gasteiger partial charge in [-0.05, 0) is 55.7 Å². The van der Waals surface area contributed by atoms with E-state index in [2.05, 4.69) is 26.1 Å². The Kier molecular flexibility index (Phi) is 5.69. The van der Waals surface area contributed by atoms with Gasteiger partial charge in [-0.15, -0.1) is 0 Å². The van der Waals surface area contributed by atoms with Gasteiger partial charge < -0.3 is 15.2 Å². The van der Waals surface area contributed by atoms with Crippen LogP contribution in [0.25, 0.3) is 0 Å². The molecule has 1 aliphatic carbocycles. The number of aliphatic hydroxyl groups excluding tert-OH is 1. The van der Waals surface area contributed by atoms with Gasteiger partial charge in [0.1, 0.15) is 5.75 Å². The maximum atomic E-state index is 12.2. The molecule has 4 heteroatoms. The molecule has 0 aliphatic heterocycles. The lowest BCUT2D eigenvalue weighted by Gasteiger charge is -2.27. The van der Waals surface area contributed by atoms with Gasteiger partial charge in [-0.2, -0.15) is 0 Å². The third-order valence-corrected chi connectivity index (χ3v) is 4.45. The monoisotopic (exact) mass is 319 g/mol. The first-order chi connectivity index (χ1) is 10.8. The fourth-order valence-electron chi connectivity index (χ4n) is 2.83. The van der Waals surface area contributed by atoms with Gasteiger partial charge in [0.15, 0.2) is 6.10 Å². The SMILES string of the molecule is CC(Oc1ccc(C(C)(C)C)cc1)C(=O)NC1CCC(O)CC1. The van der Waals surface area contributed by atoms with E-state index >= 15 is 0 Å². The molecule has 23 heavy (non-hydrogen) atoms. The van der Waals surface area contributed by atoms with Crippen molar-refractivity contribution in [2.75, 3.05) is 0 Å². The molecule has 4 nitrogen and oxygen atoms in total. The molecule has 1 saturated carbocycles. The maximum Gasteiger partial charge on any atom is 0.260 e. The van der Waals surface area contributed by atoms with E-state index in [-0.39, 0.29) is 23.5 Å². The van der Waals surface area contributed by atoms with Crippen LogP contribution in [0.4, 0.5) is 0 Å². The van der Waals surface area contributed by atoms with Crippen LogP contribution in [-0.4, -0.2) is 29.3 Å². The van der Waals surface area contributed by atoms with E-state index in [4.69, 9.17) is 4.74 Å². The molecule has 0 heterocycles. The summed E-state index contributed by atoms with van der Waals surface area (Å²) >= 11 is 0. The number of carbonyl (C=O) groups is 1. The smallest absolute Gasteiger partial charge is 0.260 e. The molecule has 0 bridgehead atoms. The molecule has 128 valence electrons. The minimum Gasteiger partial charge on any atom is -0.481 e. The average molecular weight is 319 g/mol. The van der Waals surface area contributed by atoms with E-state index in [9.17, 15) is 9.90 Å². The summed E-state index contributed by atoms with van der Waals surface area (Å²) in [6.45, 7) is 8.27. The van der Waals surface area contributed by atoms with Gasteiger partial charge in [0, 0.05) is 6.04 Å². The predicted molar refractivity (Wildman–Crippen MR) is 91.6 cm³/mol. The Morgan fingerprint density at radius 1 is 1.17 bits per heavy atom. The molecule has 0 aromatic heterocycles. The van der Waals surface area contributed by atoms with Crippen molar-refractivity contribution in [3.63, 3.8) is 0 Å². The highest BCUT2D eigenvalue weighted by Gasteiger charge is 2.23. The molecular weight excluding hydrogens is 290 g/mol. The van der Waals surface area contributed by atoms with E-state index in [0.29, 0.717) is 5.75 Å². The molecule has 2 rings (SSSR count). The Labute approximate surface area is 139 Å². The maximum absolute atomic E-state index is 12.2. The molecular formula is C19H29NO3. The number of rotatable bonds is 4. The van der Waals surface area contributed by atoms with Crippen molar-refractivity contribution >= 4 is 5.91 Å². The van der Waals surface area contributed by atoms with Crippen LogP contribution in [0.1, 0.15) is 58.9 Å². The zero-order chi connectivity index (χ0) is 17.0. The zero-order valence-corrected chi connectivity index (χ0v) is 14.6. The number of benzene rings is 1. The molecule has 1 amide bonds. The van der Waals surface area contributed by atoms with Crippen molar-refractivity contribution in [3.05, 3.63) is 29.8 Å². The average Bonchev–Trinajstić information content (AvgIpc) is 2.49. The lowest BCUT2D eigenvalue weighted by Crippen LogP contribution is -2.44. The van der Waals surface area contributed by atoms with E-state index in [1.165, 1.54) is 5.56 Å². The van der Waals surface area contributed by atoms with Crippen LogP contribution in [0.5, 0.6) is 5.75 Å². The van der Waals surface area contributed by atoms with Crippen molar-refractivity contribution in [1.29, 1.82) is 0 Å². The summed E-state index contributed by atoms with van der Waals surface area (Å²) < 4.78 is 5.75. The minimum atomic E-state index is -0.526. The van der Waals surface area contributed by atoms with Gasteiger partial charge in [0.05, 0.1) is 6.10 Å². The van der Waals surface area contributed by atoms with Crippen LogP contribution in [0, 0.1) is 0 Å². The van der Waals surface area contributed by atoms with Gasteiger partial charge in [-0.25, -0.2) is 0 Å². The van der Waals surface area contributed by atoms with Crippen LogP contribution in [-0.2, 0) is 10.2 Å². The number of carbonyl (C=O) groups excluding carboxylic acids is 1. The zero-order valence-electron chi connectivity index (χ0n) is 14.6. The Morgan fingerprint density at radius 3 is 2.26 bits per heavy atom. The van der Waals surface area contributed by atoms with Crippen LogP contribution in [0.15, 0.2) is 24.3 Å². The number of hydrogen-bond donors (Lipinski definition) is 2. The van der Waals surface area contributed by atoms with Gasteiger partial charge in [-0.1, -0.05) is 32.9 Å². The summed E-state index contributed by atoms with van der Waals surface area (Å²) in [5.74, 6) is 0.617. The van der Waals surface area contributed by atoms with Gasteiger partial charge in [0.2, 0.25) is 0 Å². The van der Waals surface area contributed by atoms with Gasteiger partial charge in [0.25, 0.3) is 5.91 Å². The van der Waals surface area contributed by atoms with Crippen molar-refractivity contribution in [2.45, 2.75) is 77.0 Å². The molecule has 1 aromatic rings. The molecule has 1 aromatic carbocycles. The fourth-order valence-corrected chi connectivity index (χ4v) is 2.83. The molecule has 1 aliphatic rings. The Morgan fingerprint density at radius 2 is 1.74 bits per heavy atom. The summed E-state index contributed by atoms with van der Waals surface area (Å²) in [7, 11) is 0. The second-order valence-electron chi connectivity index (χ2n) is 7.55. The molecule has 0 radical (unpaired) electrons. The fraction of sp³-hybridized carbons (Fsp3) is 0.632. The van der Waals surface area contributed by atoms with Crippen molar-refractivity contribution < 1.29 is 14.6 Å². The van der Waals surface area contributed by atoms with Crippen LogP contribution < -0.4 is 10.1 Å². The topological polar surface area (TPSA) is 58.6 Å². The molecule has 1 unspecified atom stereocenters. The summed E-state index contributed by atoms with van der Waals surface area (Å²) in [4.78, 5) is 12.2. The van der Waals surface area contributed by atoms with Gasteiger partial charge >= 0.3 is 0 Å². The van der Waals surface area contributed by atoms with Crippen LogP contribution >= 0.6 is 0 Å². The normalized spacial score (nSPS) is 23.2. The highest BCUT2D eigenvalue weighted by atomic mass is 16.5. The largest absolute Gasteiger partial charge is 0.481 e. The van der Waals surface area contributed by atoms with Gasteiger partial charge in [-0.3, -0.25) is 4.79 Å². The first-order valence-electron chi connectivity index (χ1n) is 8.51. The Bertz CT molecular complexity index is 510. The number of ether oxygens (including phenoxy) is 1. The highest BCUT2D eigenvalue weighted by Crippen LogP contribution is 2.25. The third-order valence-electron chi connectivity index (χ3n) is 4.45. The van der Waals surface area contributed by atoms with Crippen molar-refractivity contribution in [2.24, 2.45) is 0 Å². The van der Waals surface area contributed by atoms with E-state index < -0.39 is 6.10 Å². The number of aliphatic hydroxyl groups is 1. The summed E-state index contributed by atoms with van der Waals surface area (Å²) in [5.41, 5.74) is 1.34. The first kappa shape index (κ1) is 17.8. The quantitative estimate of drug-likeness (QED) is 0.896. The lowest BCUT2D eigenvalue weighted by molar-refractivity contribution is -0.128. The summed E-state index contributed by atoms with van der Waals surface area (Å²) in [6, 6.07) is 8.08. The number of nitrogens with one attached hydrogen (secondary N) is 1. The van der Waals surface area contributed by atoms with Crippen molar-refractivity contribution in [1.82, 2.24) is 5.32 Å². The predicted octanol–water partition coefficient (Wildman–Crippen LogP) is 3.17. The second kappa shape index (κ2) is 7.35. The van der Waals surface area contributed by atoms with E-state index in [0.717, 1.165) is 25.7 Å². The second-order valence-corrected chi connectivity index (χ2v) is 7.55.